The molecule has 3 aromatic rings. The van der Waals surface area contributed by atoms with Crippen LogP contribution in [0.5, 0.6) is 5.88 Å². The Balaban J connectivity index is 1.80. The maximum atomic E-state index is 6.05. The Morgan fingerprint density at radius 2 is 2.12 bits per heavy atom. The minimum Gasteiger partial charge on any atom is -0.463 e. The predicted molar refractivity (Wildman–Crippen MR) is 91.9 cm³/mol. The smallest absolute Gasteiger partial charge is 0.247 e. The van der Waals surface area contributed by atoms with Gasteiger partial charge in [0.05, 0.1) is 6.26 Å². The molecule has 0 aliphatic carbocycles. The molecule has 0 spiro atoms. The summed E-state index contributed by atoms with van der Waals surface area (Å²) < 4.78 is 11.5. The molecule has 0 saturated carbocycles. The third-order valence-corrected chi connectivity index (χ3v) is 4.30. The van der Waals surface area contributed by atoms with E-state index in [0.717, 1.165) is 11.3 Å². The minimum absolute atomic E-state index is 0.426. The molecule has 0 amide bonds. The molecule has 0 unspecified atom stereocenters. The summed E-state index contributed by atoms with van der Waals surface area (Å²) in [5, 5.41) is 12.4. The van der Waals surface area contributed by atoms with Gasteiger partial charge in [-0.3, -0.25) is 0 Å². The van der Waals surface area contributed by atoms with Crippen molar-refractivity contribution in [1.29, 1.82) is 0 Å². The van der Waals surface area contributed by atoms with Crippen LogP contribution < -0.4 is 10.1 Å². The van der Waals surface area contributed by atoms with Gasteiger partial charge in [0.2, 0.25) is 17.3 Å². The molecule has 0 saturated heterocycles. The number of para-hydroxylation sites is 1. The van der Waals surface area contributed by atoms with E-state index in [0.29, 0.717) is 28.2 Å². The van der Waals surface area contributed by atoms with Gasteiger partial charge in [0.15, 0.2) is 11.5 Å². The van der Waals surface area contributed by atoms with Crippen molar-refractivity contribution in [2.75, 3.05) is 11.1 Å². The summed E-state index contributed by atoms with van der Waals surface area (Å²) in [6.07, 6.45) is 2.92. The maximum Gasteiger partial charge on any atom is 0.247 e. The second kappa shape index (κ2) is 6.37. The van der Waals surface area contributed by atoms with E-state index in [9.17, 15) is 0 Å². The third-order valence-electron chi connectivity index (χ3n) is 3.47. The first-order valence-corrected chi connectivity index (χ1v) is 8.38. The second-order valence-corrected chi connectivity index (χ2v) is 6.04. The molecule has 7 heteroatoms. The number of ether oxygens (including phenoxy) is 1. The van der Waals surface area contributed by atoms with Crippen LogP contribution in [-0.2, 0) is 0 Å². The van der Waals surface area contributed by atoms with Crippen LogP contribution in [0.1, 0.15) is 12.0 Å². The Bertz CT molecular complexity index is 867. The highest BCUT2D eigenvalue weighted by atomic mass is 32.2. The van der Waals surface area contributed by atoms with Gasteiger partial charge in [-0.25, -0.2) is 0 Å². The Labute approximate surface area is 143 Å². The molecule has 0 fully saturated rings. The lowest BCUT2D eigenvalue weighted by Crippen LogP contribution is -2.16. The van der Waals surface area contributed by atoms with Crippen LogP contribution in [0.3, 0.4) is 0 Å². The fourth-order valence-electron chi connectivity index (χ4n) is 2.41. The summed E-state index contributed by atoms with van der Waals surface area (Å²) in [5.41, 5.74) is 2.39. The molecule has 1 aromatic carbocycles. The first-order chi connectivity index (χ1) is 11.8. The molecule has 0 radical (unpaired) electrons. The third kappa shape index (κ3) is 2.74. The van der Waals surface area contributed by atoms with E-state index in [4.69, 9.17) is 9.15 Å². The van der Waals surface area contributed by atoms with E-state index in [1.165, 1.54) is 11.8 Å². The number of rotatable bonds is 4. The monoisotopic (exact) mass is 338 g/mol. The molecule has 120 valence electrons. The zero-order valence-corrected chi connectivity index (χ0v) is 13.5. The molecular weight excluding hydrogens is 324 g/mol. The number of anilines is 1. The van der Waals surface area contributed by atoms with Crippen molar-refractivity contribution in [3.8, 4) is 17.1 Å². The summed E-state index contributed by atoms with van der Waals surface area (Å²) in [6.45, 7) is 3.70. The molecule has 6 nitrogen and oxygen atoms in total. The van der Waals surface area contributed by atoms with Gasteiger partial charge < -0.3 is 14.5 Å². The molecule has 1 aliphatic rings. The number of fused-ring (bicyclic) bond motifs is 3. The number of nitrogens with one attached hydrogen (secondary N) is 1. The number of aromatic nitrogens is 3. The van der Waals surface area contributed by atoms with Gasteiger partial charge in [-0.15, -0.1) is 16.8 Å². The standard InChI is InChI=1S/C17H14N4O2S/c1-2-10-24-17-19-16-14(20-21-17)11-6-3-4-7-12(11)18-15(23-16)13-8-5-9-22-13/h2-9,15,18H,1,10H2/t15-/m1/s1. The van der Waals surface area contributed by atoms with E-state index in [1.807, 2.05) is 36.4 Å². The van der Waals surface area contributed by atoms with Crippen molar-refractivity contribution < 1.29 is 9.15 Å². The van der Waals surface area contributed by atoms with Crippen molar-refractivity contribution in [1.82, 2.24) is 15.2 Å². The summed E-state index contributed by atoms with van der Waals surface area (Å²) >= 11 is 1.45. The van der Waals surface area contributed by atoms with E-state index in [1.54, 1.807) is 12.3 Å². The Kier molecular flexibility index (Phi) is 3.92. The second-order valence-electron chi connectivity index (χ2n) is 5.05. The highest BCUT2D eigenvalue weighted by Gasteiger charge is 2.27. The summed E-state index contributed by atoms with van der Waals surface area (Å²) in [4.78, 5) is 4.51. The van der Waals surface area contributed by atoms with Crippen LogP contribution in [0.4, 0.5) is 5.69 Å². The Hall–Kier alpha value is -2.80. The van der Waals surface area contributed by atoms with E-state index < -0.39 is 6.23 Å². The number of furan rings is 1. The van der Waals surface area contributed by atoms with Crippen LogP contribution in [0.2, 0.25) is 0 Å². The lowest BCUT2D eigenvalue weighted by molar-refractivity contribution is 0.195. The lowest BCUT2D eigenvalue weighted by atomic mass is 10.1. The van der Waals surface area contributed by atoms with E-state index >= 15 is 0 Å². The van der Waals surface area contributed by atoms with Gasteiger partial charge in [0.1, 0.15) is 0 Å². The molecule has 1 atom stereocenters. The highest BCUT2D eigenvalue weighted by Crippen LogP contribution is 2.39. The van der Waals surface area contributed by atoms with Gasteiger partial charge in [-0.05, 0) is 18.2 Å². The largest absolute Gasteiger partial charge is 0.463 e. The molecular formula is C17H14N4O2S. The van der Waals surface area contributed by atoms with E-state index in [2.05, 4.69) is 27.1 Å². The maximum absolute atomic E-state index is 6.05. The van der Waals surface area contributed by atoms with Crippen molar-refractivity contribution in [3.05, 3.63) is 61.1 Å². The molecule has 1 aliphatic heterocycles. The fraction of sp³-hybridized carbons (Fsp3) is 0.118. The number of thioether (sulfide) groups is 1. The molecule has 3 heterocycles. The highest BCUT2D eigenvalue weighted by molar-refractivity contribution is 7.99. The van der Waals surface area contributed by atoms with Crippen molar-refractivity contribution in [2.45, 2.75) is 11.4 Å². The van der Waals surface area contributed by atoms with Gasteiger partial charge in [-0.2, -0.15) is 4.98 Å². The number of hydrogen-bond acceptors (Lipinski definition) is 7. The number of nitrogens with zero attached hydrogens (tertiary/aromatic N) is 3. The lowest BCUT2D eigenvalue weighted by Gasteiger charge is -2.16. The predicted octanol–water partition coefficient (Wildman–Crippen LogP) is 3.91. The first kappa shape index (κ1) is 14.8. The first-order valence-electron chi connectivity index (χ1n) is 7.39. The van der Waals surface area contributed by atoms with Gasteiger partial charge in [0, 0.05) is 17.0 Å². The quantitative estimate of drug-likeness (QED) is 0.571. The normalized spacial score (nSPS) is 15.4. The van der Waals surface area contributed by atoms with Gasteiger partial charge >= 0.3 is 0 Å². The van der Waals surface area contributed by atoms with Crippen molar-refractivity contribution in [2.24, 2.45) is 0 Å². The topological polar surface area (TPSA) is 73.1 Å². The molecule has 2 aromatic heterocycles. The van der Waals surface area contributed by atoms with Crippen LogP contribution in [0.25, 0.3) is 11.3 Å². The molecule has 1 N–H and O–H groups in total. The minimum atomic E-state index is -0.489. The van der Waals surface area contributed by atoms with Crippen LogP contribution in [0.15, 0.2) is 64.9 Å². The fourth-order valence-corrected chi connectivity index (χ4v) is 2.92. The summed E-state index contributed by atoms with van der Waals surface area (Å²) in [5.74, 6) is 1.80. The van der Waals surface area contributed by atoms with Crippen molar-refractivity contribution >= 4 is 17.4 Å². The Morgan fingerprint density at radius 3 is 2.96 bits per heavy atom. The molecule has 4 rings (SSSR count). The average Bonchev–Trinajstić information content (AvgIpc) is 3.09. The zero-order chi connectivity index (χ0) is 16.4. The van der Waals surface area contributed by atoms with Crippen LogP contribution in [0, 0.1) is 0 Å². The average molecular weight is 338 g/mol. The van der Waals surface area contributed by atoms with Crippen LogP contribution in [-0.4, -0.2) is 20.9 Å². The molecule has 0 bridgehead atoms. The van der Waals surface area contributed by atoms with Gasteiger partial charge in [0.25, 0.3) is 0 Å². The van der Waals surface area contributed by atoms with Crippen molar-refractivity contribution in [3.63, 3.8) is 0 Å². The summed E-state index contributed by atoms with van der Waals surface area (Å²) in [6, 6.07) is 11.5. The summed E-state index contributed by atoms with van der Waals surface area (Å²) in [7, 11) is 0. The van der Waals surface area contributed by atoms with E-state index in [-0.39, 0.29) is 0 Å². The van der Waals surface area contributed by atoms with Crippen LogP contribution >= 0.6 is 11.8 Å². The SMILES string of the molecule is C=CCSc1nnc2c(n1)O[C@H](c1ccco1)Nc1ccccc1-2. The zero-order valence-electron chi connectivity index (χ0n) is 12.7. The van der Waals surface area contributed by atoms with Gasteiger partial charge in [-0.1, -0.05) is 36.0 Å². The number of hydrogen-bond donors (Lipinski definition) is 1. The molecule has 24 heavy (non-hydrogen) atoms. The Morgan fingerprint density at radius 1 is 1.21 bits per heavy atom. The number of benzene rings is 1.